The number of carbonyl (C=O) groups is 1. The Morgan fingerprint density at radius 1 is 1.17 bits per heavy atom. The van der Waals surface area contributed by atoms with E-state index in [0.717, 1.165) is 11.1 Å². The number of nitrogens with zero attached hydrogens (tertiary/aromatic N) is 1. The molecule has 0 bridgehead atoms. The molecule has 0 saturated carbocycles. The number of benzene rings is 3. The summed E-state index contributed by atoms with van der Waals surface area (Å²) in [5.74, 6) is -0.234. The number of nitriles is 1. The quantitative estimate of drug-likeness (QED) is 0.415. The molecule has 0 atom stereocenters. The Morgan fingerprint density at radius 3 is 2.60 bits per heavy atom. The van der Waals surface area contributed by atoms with Gasteiger partial charge in [-0.05, 0) is 77.7 Å². The van der Waals surface area contributed by atoms with Crippen molar-refractivity contribution in [2.75, 3.05) is 12.4 Å². The van der Waals surface area contributed by atoms with E-state index < -0.39 is 5.91 Å². The van der Waals surface area contributed by atoms with E-state index in [2.05, 4.69) is 5.32 Å². The fraction of sp³-hybridized carbons (Fsp3) is 0.0833. The van der Waals surface area contributed by atoms with Crippen molar-refractivity contribution in [3.8, 4) is 11.8 Å². The number of rotatable bonds is 6. The predicted molar refractivity (Wildman–Crippen MR) is 116 cm³/mol. The van der Waals surface area contributed by atoms with Crippen LogP contribution in [0.15, 0.2) is 72.3 Å². The first-order valence-electron chi connectivity index (χ1n) is 9.08. The number of amides is 1. The average Bonchev–Trinajstić information content (AvgIpc) is 2.74. The molecule has 3 rings (SSSR count). The molecule has 0 fully saturated rings. The van der Waals surface area contributed by atoms with Crippen molar-refractivity contribution in [1.82, 2.24) is 0 Å². The number of halogens is 2. The number of anilines is 1. The largest absolute Gasteiger partial charge is 0.497 e. The second-order valence-corrected chi connectivity index (χ2v) is 6.94. The van der Waals surface area contributed by atoms with Crippen LogP contribution in [0, 0.1) is 17.1 Å². The van der Waals surface area contributed by atoms with Gasteiger partial charge in [0.15, 0.2) is 0 Å². The van der Waals surface area contributed by atoms with Crippen LogP contribution >= 0.6 is 11.6 Å². The van der Waals surface area contributed by atoms with E-state index in [1.807, 2.05) is 18.2 Å². The highest BCUT2D eigenvalue weighted by molar-refractivity contribution is 6.30. The molecule has 0 radical (unpaired) electrons. The molecule has 0 spiro atoms. The van der Waals surface area contributed by atoms with Crippen LogP contribution in [0.25, 0.3) is 6.08 Å². The van der Waals surface area contributed by atoms with Gasteiger partial charge in [-0.15, -0.1) is 0 Å². The third kappa shape index (κ3) is 5.47. The van der Waals surface area contributed by atoms with Crippen LogP contribution < -0.4 is 10.1 Å². The molecule has 6 heteroatoms. The highest BCUT2D eigenvalue weighted by atomic mass is 35.5. The van der Waals surface area contributed by atoms with E-state index in [4.69, 9.17) is 16.3 Å². The lowest BCUT2D eigenvalue weighted by Gasteiger charge is -2.10. The molecule has 1 amide bonds. The van der Waals surface area contributed by atoms with E-state index in [0.29, 0.717) is 28.4 Å². The zero-order valence-corrected chi connectivity index (χ0v) is 16.9. The van der Waals surface area contributed by atoms with Crippen LogP contribution in [0.3, 0.4) is 0 Å². The number of hydrogen-bond acceptors (Lipinski definition) is 3. The topological polar surface area (TPSA) is 62.1 Å². The van der Waals surface area contributed by atoms with Crippen LogP contribution in [0.1, 0.15) is 16.7 Å². The first kappa shape index (κ1) is 21.1. The lowest BCUT2D eigenvalue weighted by molar-refractivity contribution is -0.112. The van der Waals surface area contributed by atoms with Gasteiger partial charge >= 0.3 is 0 Å². The van der Waals surface area contributed by atoms with Gasteiger partial charge in [-0.2, -0.15) is 5.26 Å². The maximum Gasteiger partial charge on any atom is 0.266 e. The summed E-state index contributed by atoms with van der Waals surface area (Å²) in [6.45, 7) is 0. The monoisotopic (exact) mass is 420 g/mol. The Hall–Kier alpha value is -3.62. The standard InChI is InChI=1S/C24H18ClFN2O2/c1-30-23-10-5-17(18(14-23)11-16-3-2-4-21(26)12-16)13-19(15-27)24(29)28-22-8-6-20(25)7-9-22/h2-10,12-14H,11H2,1H3,(H,28,29)/b19-13+. The molecule has 0 aliphatic heterocycles. The lowest BCUT2D eigenvalue weighted by atomic mass is 9.97. The summed E-state index contributed by atoms with van der Waals surface area (Å²) in [6.07, 6.45) is 1.93. The smallest absolute Gasteiger partial charge is 0.266 e. The van der Waals surface area contributed by atoms with Gasteiger partial charge in [0.05, 0.1) is 7.11 Å². The summed E-state index contributed by atoms with van der Waals surface area (Å²) >= 11 is 5.85. The van der Waals surface area contributed by atoms with Gasteiger partial charge in [0.2, 0.25) is 0 Å². The molecular weight excluding hydrogens is 403 g/mol. The average molecular weight is 421 g/mol. The van der Waals surface area contributed by atoms with Crippen molar-refractivity contribution in [3.63, 3.8) is 0 Å². The molecule has 30 heavy (non-hydrogen) atoms. The van der Waals surface area contributed by atoms with E-state index >= 15 is 0 Å². The molecule has 150 valence electrons. The number of hydrogen-bond donors (Lipinski definition) is 1. The Balaban J connectivity index is 1.92. The summed E-state index contributed by atoms with van der Waals surface area (Å²) in [6, 6.07) is 20.1. The first-order valence-corrected chi connectivity index (χ1v) is 9.46. The van der Waals surface area contributed by atoms with Crippen molar-refractivity contribution in [2.24, 2.45) is 0 Å². The highest BCUT2D eigenvalue weighted by Gasteiger charge is 2.12. The fourth-order valence-corrected chi connectivity index (χ4v) is 3.03. The highest BCUT2D eigenvalue weighted by Crippen LogP contribution is 2.24. The van der Waals surface area contributed by atoms with Crippen LogP contribution in [-0.2, 0) is 11.2 Å². The molecule has 0 saturated heterocycles. The second-order valence-electron chi connectivity index (χ2n) is 6.50. The van der Waals surface area contributed by atoms with Crippen molar-refractivity contribution >= 4 is 29.3 Å². The normalized spacial score (nSPS) is 10.9. The molecule has 0 aromatic heterocycles. The number of carbonyl (C=O) groups excluding carboxylic acids is 1. The van der Waals surface area contributed by atoms with Gasteiger partial charge in [0.25, 0.3) is 5.91 Å². The maximum absolute atomic E-state index is 13.6. The van der Waals surface area contributed by atoms with Crippen LogP contribution in [0.5, 0.6) is 5.75 Å². The molecule has 0 heterocycles. The van der Waals surface area contributed by atoms with Crippen LogP contribution in [0.4, 0.5) is 10.1 Å². The fourth-order valence-electron chi connectivity index (χ4n) is 2.91. The van der Waals surface area contributed by atoms with Crippen molar-refractivity contribution in [3.05, 3.63) is 99.8 Å². The number of methoxy groups -OCH3 is 1. The molecule has 1 N–H and O–H groups in total. The minimum Gasteiger partial charge on any atom is -0.497 e. The SMILES string of the molecule is COc1ccc(/C=C(\C#N)C(=O)Nc2ccc(Cl)cc2)c(Cc2cccc(F)c2)c1. The molecular formula is C24H18ClFN2O2. The third-order valence-corrected chi connectivity index (χ3v) is 4.65. The Morgan fingerprint density at radius 2 is 1.93 bits per heavy atom. The first-order chi connectivity index (χ1) is 14.5. The van der Waals surface area contributed by atoms with E-state index in [9.17, 15) is 14.4 Å². The van der Waals surface area contributed by atoms with Gasteiger partial charge in [0, 0.05) is 10.7 Å². The van der Waals surface area contributed by atoms with E-state index in [1.165, 1.54) is 18.2 Å². The number of ether oxygens (including phenoxy) is 1. The second kappa shape index (κ2) is 9.73. The molecule has 0 unspecified atom stereocenters. The summed E-state index contributed by atoms with van der Waals surface area (Å²) < 4.78 is 18.9. The minimum atomic E-state index is -0.535. The summed E-state index contributed by atoms with van der Waals surface area (Å²) in [7, 11) is 1.55. The molecule has 3 aromatic rings. The summed E-state index contributed by atoms with van der Waals surface area (Å²) in [4.78, 5) is 12.6. The zero-order chi connectivity index (χ0) is 21.5. The maximum atomic E-state index is 13.6. The predicted octanol–water partition coefficient (Wildman–Crippen LogP) is 5.62. The summed E-state index contributed by atoms with van der Waals surface area (Å²) in [5, 5.41) is 12.7. The molecule has 3 aromatic carbocycles. The van der Waals surface area contributed by atoms with Crippen LogP contribution in [-0.4, -0.2) is 13.0 Å². The van der Waals surface area contributed by atoms with Gasteiger partial charge in [-0.1, -0.05) is 29.8 Å². The van der Waals surface area contributed by atoms with Gasteiger partial charge in [-0.3, -0.25) is 4.79 Å². The molecule has 0 aliphatic carbocycles. The van der Waals surface area contributed by atoms with Crippen molar-refractivity contribution < 1.29 is 13.9 Å². The van der Waals surface area contributed by atoms with E-state index in [-0.39, 0.29) is 11.4 Å². The zero-order valence-electron chi connectivity index (χ0n) is 16.2. The minimum absolute atomic E-state index is 0.0596. The Kier molecular flexibility index (Phi) is 6.84. The van der Waals surface area contributed by atoms with Gasteiger partial charge in [-0.25, -0.2) is 4.39 Å². The van der Waals surface area contributed by atoms with Crippen LogP contribution in [0.2, 0.25) is 5.02 Å². The van der Waals surface area contributed by atoms with E-state index in [1.54, 1.807) is 49.6 Å². The molecule has 0 aliphatic rings. The third-order valence-electron chi connectivity index (χ3n) is 4.40. The Labute approximate surface area is 179 Å². The van der Waals surface area contributed by atoms with Crippen molar-refractivity contribution in [1.29, 1.82) is 5.26 Å². The van der Waals surface area contributed by atoms with Gasteiger partial charge < -0.3 is 10.1 Å². The Bertz CT molecular complexity index is 1130. The molecule has 4 nitrogen and oxygen atoms in total. The lowest BCUT2D eigenvalue weighted by Crippen LogP contribution is -2.13. The number of nitrogens with one attached hydrogen (secondary N) is 1. The van der Waals surface area contributed by atoms with Crippen molar-refractivity contribution in [2.45, 2.75) is 6.42 Å². The van der Waals surface area contributed by atoms with Gasteiger partial charge in [0.1, 0.15) is 23.2 Å². The summed E-state index contributed by atoms with van der Waals surface area (Å²) in [5.41, 5.74) is 2.70.